The van der Waals surface area contributed by atoms with Crippen molar-refractivity contribution in [3.63, 3.8) is 0 Å². The molecule has 0 saturated carbocycles. The average molecular weight is 399 g/mol. The van der Waals surface area contributed by atoms with Crippen LogP contribution >= 0.6 is 11.3 Å². The Morgan fingerprint density at radius 3 is 2.82 bits per heavy atom. The van der Waals surface area contributed by atoms with Crippen LogP contribution in [0.15, 0.2) is 35.7 Å². The number of anilines is 2. The molecule has 0 spiro atoms. The lowest BCUT2D eigenvalue weighted by atomic mass is 10.2. The average Bonchev–Trinajstić information content (AvgIpc) is 3.13. The number of esters is 1. The maximum atomic E-state index is 12.5. The summed E-state index contributed by atoms with van der Waals surface area (Å²) >= 11 is 1.20. The number of hydrogen-bond acceptors (Lipinski definition) is 7. The second-order valence-corrected chi connectivity index (χ2v) is 6.96. The minimum absolute atomic E-state index is 0.0109. The van der Waals surface area contributed by atoms with E-state index in [1.54, 1.807) is 35.7 Å². The van der Waals surface area contributed by atoms with Crippen molar-refractivity contribution in [2.24, 2.45) is 0 Å². The largest absolute Gasteiger partial charge is 0.475 e. The lowest BCUT2D eigenvalue weighted by Gasteiger charge is -2.33. The Morgan fingerprint density at radius 2 is 2.11 bits per heavy atom. The number of ether oxygens (including phenoxy) is 2. The molecule has 8 nitrogen and oxygen atoms in total. The van der Waals surface area contributed by atoms with E-state index in [1.807, 2.05) is 6.07 Å². The van der Waals surface area contributed by atoms with Gasteiger partial charge in [-0.1, -0.05) is 12.1 Å². The highest BCUT2D eigenvalue weighted by Gasteiger charge is 2.35. The highest BCUT2D eigenvalue weighted by molar-refractivity contribution is 7.14. The maximum absolute atomic E-state index is 12.5. The van der Waals surface area contributed by atoms with Gasteiger partial charge in [0.2, 0.25) is 12.0 Å². The van der Waals surface area contributed by atoms with Gasteiger partial charge in [-0.3, -0.25) is 9.59 Å². The molecule has 3 rings (SSSR count). The molecule has 28 heavy (non-hydrogen) atoms. The van der Waals surface area contributed by atoms with Crippen LogP contribution in [0, 0.1) is 11.3 Å². The summed E-state index contributed by atoms with van der Waals surface area (Å²) in [5, 5.41) is 13.6. The SMILES string of the molecule is CC(=O)N1C[C@@H](C(=O)O[C@@H](C)C(=O)Nc2sccc2C#N)Oc2ccccc21. The van der Waals surface area contributed by atoms with Crippen molar-refractivity contribution in [1.82, 2.24) is 0 Å². The molecule has 0 aliphatic carbocycles. The van der Waals surface area contributed by atoms with E-state index in [0.717, 1.165) is 0 Å². The molecule has 0 bridgehead atoms. The number of thiophene rings is 1. The van der Waals surface area contributed by atoms with E-state index < -0.39 is 24.1 Å². The molecule has 0 unspecified atom stereocenters. The molecule has 1 aromatic carbocycles. The van der Waals surface area contributed by atoms with Crippen molar-refractivity contribution in [1.29, 1.82) is 5.26 Å². The molecule has 2 amide bonds. The number of carbonyl (C=O) groups excluding carboxylic acids is 3. The van der Waals surface area contributed by atoms with E-state index in [-0.39, 0.29) is 12.5 Å². The first kappa shape index (κ1) is 19.4. The summed E-state index contributed by atoms with van der Waals surface area (Å²) in [5.74, 6) is -1.16. The van der Waals surface area contributed by atoms with E-state index in [4.69, 9.17) is 14.7 Å². The van der Waals surface area contributed by atoms with Crippen LogP contribution < -0.4 is 15.0 Å². The van der Waals surface area contributed by atoms with Crippen LogP contribution in [-0.4, -0.2) is 36.5 Å². The van der Waals surface area contributed by atoms with E-state index in [0.29, 0.717) is 22.0 Å². The van der Waals surface area contributed by atoms with Crippen LogP contribution in [0.5, 0.6) is 5.75 Å². The summed E-state index contributed by atoms with van der Waals surface area (Å²) in [4.78, 5) is 38.1. The van der Waals surface area contributed by atoms with Gasteiger partial charge in [0.25, 0.3) is 5.91 Å². The Kier molecular flexibility index (Phi) is 5.61. The van der Waals surface area contributed by atoms with Crippen LogP contribution in [0.1, 0.15) is 19.4 Å². The monoisotopic (exact) mass is 399 g/mol. The van der Waals surface area contributed by atoms with Crippen molar-refractivity contribution in [3.8, 4) is 11.8 Å². The lowest BCUT2D eigenvalue weighted by Crippen LogP contribution is -2.48. The summed E-state index contributed by atoms with van der Waals surface area (Å²) in [6.45, 7) is 2.81. The Labute approximate surface area is 165 Å². The van der Waals surface area contributed by atoms with Gasteiger partial charge in [0.15, 0.2) is 6.10 Å². The van der Waals surface area contributed by atoms with Gasteiger partial charge < -0.3 is 19.7 Å². The zero-order valence-corrected chi connectivity index (χ0v) is 16.0. The normalized spacial score (nSPS) is 16.2. The molecule has 1 aromatic heterocycles. The first-order valence-electron chi connectivity index (χ1n) is 8.43. The zero-order valence-electron chi connectivity index (χ0n) is 15.2. The van der Waals surface area contributed by atoms with Gasteiger partial charge in [0.1, 0.15) is 16.8 Å². The fourth-order valence-electron chi connectivity index (χ4n) is 2.67. The number of amides is 2. The topological polar surface area (TPSA) is 109 Å². The number of nitriles is 1. The van der Waals surface area contributed by atoms with Crippen molar-refractivity contribution < 1.29 is 23.9 Å². The smallest absolute Gasteiger partial charge is 0.350 e. The predicted molar refractivity (Wildman–Crippen MR) is 102 cm³/mol. The van der Waals surface area contributed by atoms with Gasteiger partial charge in [-0.05, 0) is 30.5 Å². The molecule has 1 aliphatic heterocycles. The van der Waals surface area contributed by atoms with E-state index in [9.17, 15) is 14.4 Å². The molecule has 1 aliphatic rings. The second-order valence-electron chi connectivity index (χ2n) is 6.05. The van der Waals surface area contributed by atoms with Crippen LogP contribution in [0.3, 0.4) is 0 Å². The van der Waals surface area contributed by atoms with Crippen LogP contribution in [0.2, 0.25) is 0 Å². The number of hydrogen-bond donors (Lipinski definition) is 1. The highest BCUT2D eigenvalue weighted by atomic mass is 32.1. The third-order valence-electron chi connectivity index (χ3n) is 4.10. The molecular formula is C19H17N3O5S. The van der Waals surface area contributed by atoms with Crippen LogP contribution in [0.4, 0.5) is 10.7 Å². The third-order valence-corrected chi connectivity index (χ3v) is 4.93. The molecule has 144 valence electrons. The third kappa shape index (κ3) is 3.97. The predicted octanol–water partition coefficient (Wildman–Crippen LogP) is 2.30. The molecule has 2 atom stereocenters. The molecule has 0 saturated heterocycles. The number of para-hydroxylation sites is 2. The molecule has 1 N–H and O–H groups in total. The van der Waals surface area contributed by atoms with E-state index in [2.05, 4.69) is 5.32 Å². The lowest BCUT2D eigenvalue weighted by molar-refractivity contribution is -0.160. The zero-order chi connectivity index (χ0) is 20.3. The van der Waals surface area contributed by atoms with E-state index in [1.165, 1.54) is 30.1 Å². The standard InChI is InChI=1S/C19H17N3O5S/c1-11(17(24)21-18-13(9-20)7-8-28-18)26-19(25)16-10-22(12(2)23)14-5-3-4-6-15(14)27-16/h3-8,11,16H,10H2,1-2H3,(H,21,24)/t11-,16-/m0/s1. The van der Waals surface area contributed by atoms with Gasteiger partial charge in [-0.25, -0.2) is 4.79 Å². The summed E-state index contributed by atoms with van der Waals surface area (Å²) in [7, 11) is 0. The number of nitrogens with one attached hydrogen (secondary N) is 1. The van der Waals surface area contributed by atoms with Gasteiger partial charge in [-0.2, -0.15) is 5.26 Å². The fourth-order valence-corrected chi connectivity index (χ4v) is 3.41. The number of nitrogens with zero attached hydrogens (tertiary/aromatic N) is 2. The highest BCUT2D eigenvalue weighted by Crippen LogP contribution is 2.33. The minimum Gasteiger partial charge on any atom is -0.475 e. The van der Waals surface area contributed by atoms with Crippen LogP contribution in [-0.2, 0) is 19.1 Å². The molecule has 0 fully saturated rings. The van der Waals surface area contributed by atoms with Crippen molar-refractivity contribution in [2.45, 2.75) is 26.1 Å². The van der Waals surface area contributed by atoms with Crippen molar-refractivity contribution >= 4 is 39.8 Å². The van der Waals surface area contributed by atoms with Gasteiger partial charge in [-0.15, -0.1) is 11.3 Å². The summed E-state index contributed by atoms with van der Waals surface area (Å²) < 4.78 is 10.9. The Bertz CT molecular complexity index is 964. The second kappa shape index (κ2) is 8.10. The molecule has 0 radical (unpaired) electrons. The minimum atomic E-state index is -1.10. The number of benzene rings is 1. The first-order chi connectivity index (χ1) is 13.4. The van der Waals surface area contributed by atoms with Gasteiger partial charge in [0.05, 0.1) is 17.8 Å². The van der Waals surface area contributed by atoms with Crippen molar-refractivity contribution in [2.75, 3.05) is 16.8 Å². The summed E-state index contributed by atoms with van der Waals surface area (Å²) in [6.07, 6.45) is -2.15. The van der Waals surface area contributed by atoms with E-state index >= 15 is 0 Å². The van der Waals surface area contributed by atoms with Gasteiger partial charge >= 0.3 is 5.97 Å². The Balaban J connectivity index is 1.66. The number of fused-ring (bicyclic) bond motifs is 1. The molecule has 2 aromatic rings. The summed E-state index contributed by atoms with van der Waals surface area (Å²) in [5.41, 5.74) is 0.910. The van der Waals surface area contributed by atoms with Gasteiger partial charge in [0, 0.05) is 6.92 Å². The molecular weight excluding hydrogens is 382 g/mol. The number of rotatable bonds is 4. The Hall–Kier alpha value is -3.38. The summed E-state index contributed by atoms with van der Waals surface area (Å²) in [6, 6.07) is 10.4. The van der Waals surface area contributed by atoms with Crippen molar-refractivity contribution in [3.05, 3.63) is 41.3 Å². The first-order valence-corrected chi connectivity index (χ1v) is 9.31. The quantitative estimate of drug-likeness (QED) is 0.790. The fraction of sp³-hybridized carbons (Fsp3) is 0.263. The Morgan fingerprint density at radius 1 is 1.36 bits per heavy atom. The van der Waals surface area contributed by atoms with Crippen LogP contribution in [0.25, 0.3) is 0 Å². The molecule has 2 heterocycles. The number of carbonyl (C=O) groups is 3. The maximum Gasteiger partial charge on any atom is 0.350 e. The molecule has 9 heteroatoms.